The van der Waals surface area contributed by atoms with Crippen LogP contribution >= 0.6 is 11.6 Å². The molecule has 7 heteroatoms. The van der Waals surface area contributed by atoms with Crippen LogP contribution in [0.25, 0.3) is 5.69 Å². The highest BCUT2D eigenvalue weighted by Gasteiger charge is 2.13. The molecule has 0 bridgehead atoms. The molecule has 1 atom stereocenters. The Balaban J connectivity index is 1.52. The van der Waals surface area contributed by atoms with Crippen LogP contribution in [0.4, 0.5) is 0 Å². The van der Waals surface area contributed by atoms with Gasteiger partial charge in [-0.25, -0.2) is 9.48 Å². The van der Waals surface area contributed by atoms with E-state index in [9.17, 15) is 9.59 Å². The number of nitrogens with one attached hydrogen (secondary N) is 1. The van der Waals surface area contributed by atoms with Crippen LogP contribution < -0.4 is 5.32 Å². The molecular formula is C21H20ClN3O3. The lowest BCUT2D eigenvalue weighted by atomic mass is 10.1. The lowest BCUT2D eigenvalue weighted by Crippen LogP contribution is -2.31. The summed E-state index contributed by atoms with van der Waals surface area (Å²) >= 11 is 5.86. The van der Waals surface area contributed by atoms with E-state index < -0.39 is 5.97 Å². The average Bonchev–Trinajstić information content (AvgIpc) is 3.12. The van der Waals surface area contributed by atoms with Crippen molar-refractivity contribution in [2.24, 2.45) is 0 Å². The molecule has 0 radical (unpaired) electrons. The van der Waals surface area contributed by atoms with Gasteiger partial charge in [0.1, 0.15) is 0 Å². The quantitative estimate of drug-likeness (QED) is 0.641. The highest BCUT2D eigenvalue weighted by Crippen LogP contribution is 2.16. The van der Waals surface area contributed by atoms with Crippen LogP contribution in [-0.4, -0.2) is 28.3 Å². The molecule has 1 heterocycles. The van der Waals surface area contributed by atoms with E-state index in [2.05, 4.69) is 10.4 Å². The monoisotopic (exact) mass is 397 g/mol. The van der Waals surface area contributed by atoms with E-state index in [0.29, 0.717) is 10.6 Å². The lowest BCUT2D eigenvalue weighted by Gasteiger charge is -2.14. The first-order valence-corrected chi connectivity index (χ1v) is 9.15. The fourth-order valence-corrected chi connectivity index (χ4v) is 2.84. The van der Waals surface area contributed by atoms with Crippen molar-refractivity contribution < 1.29 is 14.3 Å². The van der Waals surface area contributed by atoms with Crippen molar-refractivity contribution in [3.05, 3.63) is 82.6 Å². The number of esters is 1. The second-order valence-corrected chi connectivity index (χ2v) is 6.78. The van der Waals surface area contributed by atoms with Crippen molar-refractivity contribution >= 4 is 23.5 Å². The minimum Gasteiger partial charge on any atom is -0.452 e. The molecule has 28 heavy (non-hydrogen) atoms. The number of amides is 1. The van der Waals surface area contributed by atoms with Gasteiger partial charge < -0.3 is 10.1 Å². The third kappa shape index (κ3) is 4.78. The maximum Gasteiger partial charge on any atom is 0.338 e. The summed E-state index contributed by atoms with van der Waals surface area (Å²) < 4.78 is 6.87. The zero-order valence-corrected chi connectivity index (χ0v) is 16.3. The Bertz CT molecular complexity index is 965. The van der Waals surface area contributed by atoms with Gasteiger partial charge in [-0.2, -0.15) is 5.10 Å². The van der Waals surface area contributed by atoms with Crippen molar-refractivity contribution in [1.82, 2.24) is 15.1 Å². The molecular weight excluding hydrogens is 378 g/mol. The van der Waals surface area contributed by atoms with E-state index in [4.69, 9.17) is 16.3 Å². The molecule has 0 aliphatic heterocycles. The Kier molecular flexibility index (Phi) is 6.11. The highest BCUT2D eigenvalue weighted by molar-refractivity contribution is 6.30. The zero-order chi connectivity index (χ0) is 20.1. The van der Waals surface area contributed by atoms with E-state index in [0.717, 1.165) is 16.9 Å². The van der Waals surface area contributed by atoms with Crippen LogP contribution in [-0.2, 0) is 9.53 Å². The van der Waals surface area contributed by atoms with Crippen molar-refractivity contribution in [3.63, 3.8) is 0 Å². The van der Waals surface area contributed by atoms with Crippen LogP contribution in [0.5, 0.6) is 0 Å². The number of rotatable bonds is 6. The molecule has 144 valence electrons. The summed E-state index contributed by atoms with van der Waals surface area (Å²) in [5, 5.41) is 7.63. The standard InChI is InChI=1S/C21H20ClN3O3/c1-14-11-12-23-25(14)19-9-5-17(6-10-19)21(27)28-13-20(26)24-15(2)16-3-7-18(22)8-4-16/h3-12,15H,13H2,1-2H3,(H,24,26)/t15-/m1/s1. The van der Waals surface area contributed by atoms with Crippen LogP contribution in [0, 0.1) is 6.92 Å². The van der Waals surface area contributed by atoms with Crippen molar-refractivity contribution in [1.29, 1.82) is 0 Å². The van der Waals surface area contributed by atoms with E-state index in [1.54, 1.807) is 47.3 Å². The fraction of sp³-hybridized carbons (Fsp3) is 0.190. The second-order valence-electron chi connectivity index (χ2n) is 6.35. The predicted octanol–water partition coefficient (Wildman–Crippen LogP) is 3.87. The molecule has 1 amide bonds. The first-order chi connectivity index (χ1) is 13.4. The van der Waals surface area contributed by atoms with Gasteiger partial charge in [0.2, 0.25) is 0 Å². The summed E-state index contributed by atoms with van der Waals surface area (Å²) in [5.41, 5.74) is 3.11. The van der Waals surface area contributed by atoms with Crippen molar-refractivity contribution in [2.45, 2.75) is 19.9 Å². The summed E-state index contributed by atoms with van der Waals surface area (Å²) in [6, 6.07) is 15.7. The molecule has 0 aliphatic rings. The molecule has 2 aromatic carbocycles. The average molecular weight is 398 g/mol. The first-order valence-electron chi connectivity index (χ1n) is 8.77. The molecule has 1 N–H and O–H groups in total. The lowest BCUT2D eigenvalue weighted by molar-refractivity contribution is -0.124. The predicted molar refractivity (Wildman–Crippen MR) is 107 cm³/mol. The minimum absolute atomic E-state index is 0.222. The van der Waals surface area contributed by atoms with Gasteiger partial charge in [0.15, 0.2) is 6.61 Å². The van der Waals surface area contributed by atoms with Gasteiger partial charge in [0.25, 0.3) is 5.91 Å². The van der Waals surface area contributed by atoms with Gasteiger partial charge in [-0.05, 0) is 61.9 Å². The second kappa shape index (κ2) is 8.71. The van der Waals surface area contributed by atoms with E-state index >= 15 is 0 Å². The third-order valence-electron chi connectivity index (χ3n) is 4.26. The largest absolute Gasteiger partial charge is 0.452 e. The molecule has 0 saturated carbocycles. The molecule has 0 spiro atoms. The Hall–Kier alpha value is -3.12. The van der Waals surface area contributed by atoms with Crippen LogP contribution in [0.3, 0.4) is 0 Å². The number of benzene rings is 2. The molecule has 0 aliphatic carbocycles. The number of carbonyl (C=O) groups excluding carboxylic acids is 2. The van der Waals surface area contributed by atoms with Gasteiger partial charge in [-0.3, -0.25) is 4.79 Å². The van der Waals surface area contributed by atoms with Crippen LogP contribution in [0.2, 0.25) is 5.02 Å². The van der Waals surface area contributed by atoms with Crippen molar-refractivity contribution in [3.8, 4) is 5.69 Å². The summed E-state index contributed by atoms with van der Waals surface area (Å²) in [4.78, 5) is 24.2. The normalized spacial score (nSPS) is 11.7. The molecule has 0 unspecified atom stereocenters. The van der Waals surface area contributed by atoms with Gasteiger partial charge in [-0.15, -0.1) is 0 Å². The number of hydrogen-bond donors (Lipinski definition) is 1. The van der Waals surface area contributed by atoms with Gasteiger partial charge in [0, 0.05) is 16.9 Å². The highest BCUT2D eigenvalue weighted by atomic mass is 35.5. The Morgan fingerprint density at radius 2 is 1.79 bits per heavy atom. The number of hydrogen-bond acceptors (Lipinski definition) is 4. The van der Waals surface area contributed by atoms with Crippen LogP contribution in [0.15, 0.2) is 60.8 Å². The smallest absolute Gasteiger partial charge is 0.338 e. The maximum atomic E-state index is 12.2. The Morgan fingerprint density at radius 3 is 2.39 bits per heavy atom. The van der Waals surface area contributed by atoms with Gasteiger partial charge in [0.05, 0.1) is 17.3 Å². The van der Waals surface area contributed by atoms with E-state index in [1.807, 2.05) is 32.0 Å². The Labute approximate surface area is 168 Å². The SMILES string of the molecule is Cc1ccnn1-c1ccc(C(=O)OCC(=O)N[C@H](C)c2ccc(Cl)cc2)cc1. The Morgan fingerprint density at radius 1 is 1.11 bits per heavy atom. The summed E-state index contributed by atoms with van der Waals surface area (Å²) in [5.74, 6) is -0.933. The summed E-state index contributed by atoms with van der Waals surface area (Å²) in [6.07, 6.45) is 1.71. The number of aryl methyl sites for hydroxylation is 1. The fourth-order valence-electron chi connectivity index (χ4n) is 2.71. The van der Waals surface area contributed by atoms with Gasteiger partial charge >= 0.3 is 5.97 Å². The zero-order valence-electron chi connectivity index (χ0n) is 15.6. The summed E-state index contributed by atoms with van der Waals surface area (Å²) in [6.45, 7) is 3.44. The molecule has 1 aromatic heterocycles. The number of nitrogens with zero attached hydrogens (tertiary/aromatic N) is 2. The van der Waals surface area contributed by atoms with E-state index in [1.165, 1.54) is 0 Å². The number of aromatic nitrogens is 2. The first kappa shape index (κ1) is 19.6. The number of carbonyl (C=O) groups is 2. The molecule has 0 fully saturated rings. The topological polar surface area (TPSA) is 73.2 Å². The summed E-state index contributed by atoms with van der Waals surface area (Å²) in [7, 11) is 0. The minimum atomic E-state index is -0.557. The van der Waals surface area contributed by atoms with Gasteiger partial charge in [-0.1, -0.05) is 23.7 Å². The van der Waals surface area contributed by atoms with E-state index in [-0.39, 0.29) is 18.6 Å². The maximum absolute atomic E-state index is 12.2. The number of halogens is 1. The molecule has 3 aromatic rings. The molecule has 6 nitrogen and oxygen atoms in total. The molecule has 0 saturated heterocycles. The third-order valence-corrected chi connectivity index (χ3v) is 4.51. The molecule has 3 rings (SSSR count). The number of ether oxygens (including phenoxy) is 1. The van der Waals surface area contributed by atoms with Crippen LogP contribution in [0.1, 0.15) is 34.6 Å². The van der Waals surface area contributed by atoms with Crippen molar-refractivity contribution in [2.75, 3.05) is 6.61 Å².